The highest BCUT2D eigenvalue weighted by atomic mass is 16.4. The highest BCUT2D eigenvalue weighted by Gasteiger charge is 2.29. The second-order valence-corrected chi connectivity index (χ2v) is 6.39. The van der Waals surface area contributed by atoms with Gasteiger partial charge in [0.05, 0.1) is 5.92 Å². The van der Waals surface area contributed by atoms with E-state index in [1.165, 1.54) is 0 Å². The molecule has 0 saturated carbocycles. The zero-order valence-corrected chi connectivity index (χ0v) is 13.1. The molecule has 1 fully saturated rings. The van der Waals surface area contributed by atoms with Crippen LogP contribution in [0.4, 0.5) is 4.79 Å². The molecule has 0 aliphatic carbocycles. The SMILES string of the molecule is CC(C)CC(CNC(=O)N1[C@H](C)CCC[C@@H]1C)C(=O)O. The van der Waals surface area contributed by atoms with Crippen LogP contribution in [0, 0.1) is 11.8 Å². The molecule has 2 N–H and O–H groups in total. The molecule has 20 heavy (non-hydrogen) atoms. The lowest BCUT2D eigenvalue weighted by Crippen LogP contribution is -2.52. The molecule has 0 aromatic carbocycles. The van der Waals surface area contributed by atoms with Crippen molar-refractivity contribution in [1.29, 1.82) is 0 Å². The van der Waals surface area contributed by atoms with Crippen LogP contribution in [0.15, 0.2) is 0 Å². The molecule has 5 nitrogen and oxygen atoms in total. The lowest BCUT2D eigenvalue weighted by atomic mass is 9.96. The van der Waals surface area contributed by atoms with Crippen LogP contribution in [0.5, 0.6) is 0 Å². The maximum absolute atomic E-state index is 12.3. The van der Waals surface area contributed by atoms with Crippen molar-refractivity contribution in [3.8, 4) is 0 Å². The molecule has 1 unspecified atom stereocenters. The van der Waals surface area contributed by atoms with Gasteiger partial charge in [0.25, 0.3) is 0 Å². The number of hydrogen-bond acceptors (Lipinski definition) is 2. The number of hydrogen-bond donors (Lipinski definition) is 2. The van der Waals surface area contributed by atoms with Crippen molar-refractivity contribution in [1.82, 2.24) is 10.2 Å². The standard InChI is InChI=1S/C15H28N2O3/c1-10(2)8-13(14(18)19)9-16-15(20)17-11(3)6-5-7-12(17)4/h10-13H,5-9H2,1-4H3,(H,16,20)(H,18,19)/t11-,12+,13?. The molecule has 0 radical (unpaired) electrons. The molecular weight excluding hydrogens is 256 g/mol. The molecule has 1 rings (SSSR count). The Labute approximate surface area is 121 Å². The van der Waals surface area contributed by atoms with Gasteiger partial charge in [-0.25, -0.2) is 4.79 Å². The van der Waals surface area contributed by atoms with Crippen LogP contribution < -0.4 is 5.32 Å². The predicted octanol–water partition coefficient (Wildman–Crippen LogP) is 2.71. The van der Waals surface area contributed by atoms with Gasteiger partial charge in [0.2, 0.25) is 0 Å². The van der Waals surface area contributed by atoms with Gasteiger partial charge in [0.1, 0.15) is 0 Å². The van der Waals surface area contributed by atoms with Crippen LogP contribution in [0.2, 0.25) is 0 Å². The minimum absolute atomic E-state index is 0.125. The Bertz CT molecular complexity index is 334. The van der Waals surface area contributed by atoms with Crippen molar-refractivity contribution in [2.75, 3.05) is 6.54 Å². The normalized spacial score (nSPS) is 24.6. The second kappa shape index (κ2) is 7.50. The maximum atomic E-state index is 12.3. The van der Waals surface area contributed by atoms with E-state index in [4.69, 9.17) is 0 Å². The van der Waals surface area contributed by atoms with Crippen LogP contribution in [0.3, 0.4) is 0 Å². The van der Waals surface area contributed by atoms with Gasteiger partial charge in [-0.3, -0.25) is 4.79 Å². The Morgan fingerprint density at radius 1 is 1.25 bits per heavy atom. The largest absolute Gasteiger partial charge is 0.481 e. The molecule has 0 bridgehead atoms. The van der Waals surface area contributed by atoms with Crippen LogP contribution >= 0.6 is 0 Å². The Hall–Kier alpha value is -1.26. The Morgan fingerprint density at radius 3 is 2.25 bits per heavy atom. The summed E-state index contributed by atoms with van der Waals surface area (Å²) in [6.07, 6.45) is 3.77. The average molecular weight is 284 g/mol. The third-order valence-electron chi connectivity index (χ3n) is 4.03. The van der Waals surface area contributed by atoms with E-state index in [0.717, 1.165) is 19.3 Å². The number of aliphatic carboxylic acids is 1. The third kappa shape index (κ3) is 4.69. The van der Waals surface area contributed by atoms with Crippen molar-refractivity contribution in [2.24, 2.45) is 11.8 Å². The summed E-state index contributed by atoms with van der Waals surface area (Å²) in [5.41, 5.74) is 0. The lowest BCUT2D eigenvalue weighted by molar-refractivity contribution is -0.142. The second-order valence-electron chi connectivity index (χ2n) is 6.39. The van der Waals surface area contributed by atoms with Crippen molar-refractivity contribution in [3.05, 3.63) is 0 Å². The zero-order valence-electron chi connectivity index (χ0n) is 13.1. The van der Waals surface area contributed by atoms with E-state index in [1.807, 2.05) is 18.7 Å². The van der Waals surface area contributed by atoms with Gasteiger partial charge in [-0.1, -0.05) is 13.8 Å². The summed E-state index contributed by atoms with van der Waals surface area (Å²) in [5.74, 6) is -1.03. The van der Waals surface area contributed by atoms with Crippen molar-refractivity contribution < 1.29 is 14.7 Å². The molecule has 2 amide bonds. The molecule has 116 valence electrons. The summed E-state index contributed by atoms with van der Waals surface area (Å²) in [4.78, 5) is 25.3. The molecule has 0 aromatic heterocycles. The fraction of sp³-hybridized carbons (Fsp3) is 0.867. The van der Waals surface area contributed by atoms with Crippen molar-refractivity contribution in [3.63, 3.8) is 0 Å². The van der Waals surface area contributed by atoms with Gasteiger partial charge in [0.15, 0.2) is 0 Å². The van der Waals surface area contributed by atoms with E-state index in [9.17, 15) is 14.7 Å². The number of nitrogens with one attached hydrogen (secondary N) is 1. The molecule has 0 spiro atoms. The molecule has 1 aliphatic heterocycles. The molecular formula is C15H28N2O3. The Morgan fingerprint density at radius 2 is 1.80 bits per heavy atom. The lowest BCUT2D eigenvalue weighted by Gasteiger charge is -2.39. The van der Waals surface area contributed by atoms with Gasteiger partial charge in [-0.2, -0.15) is 0 Å². The number of carbonyl (C=O) groups excluding carboxylic acids is 1. The highest BCUT2D eigenvalue weighted by Crippen LogP contribution is 2.22. The summed E-state index contributed by atoms with van der Waals surface area (Å²) in [6, 6.07) is 0.332. The Balaban J connectivity index is 2.54. The van der Waals surface area contributed by atoms with Crippen LogP contribution in [-0.4, -0.2) is 40.6 Å². The van der Waals surface area contributed by atoms with Gasteiger partial charge in [-0.05, 0) is 45.4 Å². The number of amides is 2. The average Bonchev–Trinajstić information content (AvgIpc) is 2.33. The number of carboxylic acids is 1. The highest BCUT2D eigenvalue weighted by molar-refractivity contribution is 5.76. The summed E-state index contributed by atoms with van der Waals surface area (Å²) in [5, 5.41) is 12.0. The minimum Gasteiger partial charge on any atom is -0.481 e. The third-order valence-corrected chi connectivity index (χ3v) is 4.03. The topological polar surface area (TPSA) is 69.6 Å². The molecule has 1 aliphatic rings. The maximum Gasteiger partial charge on any atom is 0.317 e. The molecule has 5 heteroatoms. The number of carboxylic acid groups (broad SMARTS) is 1. The monoisotopic (exact) mass is 284 g/mol. The summed E-state index contributed by atoms with van der Waals surface area (Å²) >= 11 is 0. The van der Waals surface area contributed by atoms with Gasteiger partial charge < -0.3 is 15.3 Å². The van der Waals surface area contributed by atoms with Gasteiger partial charge >= 0.3 is 12.0 Å². The fourth-order valence-electron chi connectivity index (χ4n) is 2.96. The number of piperidine rings is 1. The number of carbonyl (C=O) groups is 2. The van der Waals surface area contributed by atoms with Gasteiger partial charge in [0, 0.05) is 18.6 Å². The summed E-state index contributed by atoms with van der Waals surface area (Å²) < 4.78 is 0. The molecule has 0 aromatic rings. The number of nitrogens with zero attached hydrogens (tertiary/aromatic N) is 1. The van der Waals surface area contributed by atoms with Crippen LogP contribution in [0.25, 0.3) is 0 Å². The molecule has 3 atom stereocenters. The Kier molecular flexibility index (Phi) is 6.30. The predicted molar refractivity (Wildman–Crippen MR) is 78.6 cm³/mol. The van der Waals surface area contributed by atoms with E-state index in [0.29, 0.717) is 12.3 Å². The van der Waals surface area contributed by atoms with Crippen LogP contribution in [-0.2, 0) is 4.79 Å². The summed E-state index contributed by atoms with van der Waals surface area (Å²) in [7, 11) is 0. The van der Waals surface area contributed by atoms with Crippen molar-refractivity contribution in [2.45, 2.75) is 65.5 Å². The first-order chi connectivity index (χ1) is 9.32. The molecule has 1 saturated heterocycles. The van der Waals surface area contributed by atoms with E-state index >= 15 is 0 Å². The summed E-state index contributed by atoms with van der Waals surface area (Å²) in [6.45, 7) is 8.30. The van der Waals surface area contributed by atoms with Crippen LogP contribution in [0.1, 0.15) is 53.4 Å². The smallest absolute Gasteiger partial charge is 0.317 e. The van der Waals surface area contributed by atoms with E-state index in [1.54, 1.807) is 0 Å². The first kappa shape index (κ1) is 16.8. The fourth-order valence-corrected chi connectivity index (χ4v) is 2.96. The van der Waals surface area contributed by atoms with Crippen molar-refractivity contribution >= 4 is 12.0 Å². The minimum atomic E-state index is -0.834. The number of rotatable bonds is 5. The number of likely N-dealkylation sites (tertiary alicyclic amines) is 1. The zero-order chi connectivity index (χ0) is 15.3. The first-order valence-corrected chi connectivity index (χ1v) is 7.61. The van der Waals surface area contributed by atoms with E-state index < -0.39 is 11.9 Å². The van der Waals surface area contributed by atoms with Gasteiger partial charge in [-0.15, -0.1) is 0 Å². The van der Waals surface area contributed by atoms with E-state index in [2.05, 4.69) is 19.2 Å². The number of urea groups is 1. The molecule has 1 heterocycles. The first-order valence-electron chi connectivity index (χ1n) is 7.61. The van der Waals surface area contributed by atoms with E-state index in [-0.39, 0.29) is 24.7 Å². The quantitative estimate of drug-likeness (QED) is 0.815.